The van der Waals surface area contributed by atoms with Crippen molar-refractivity contribution < 1.29 is 4.79 Å². The largest absolute Gasteiger partial charge is 0.351 e. The van der Waals surface area contributed by atoms with Gasteiger partial charge in [0, 0.05) is 14.1 Å². The highest BCUT2D eigenvalue weighted by Crippen LogP contribution is 1.52. The van der Waals surface area contributed by atoms with Crippen molar-refractivity contribution >= 4 is 56.0 Å². The molecule has 0 aromatic rings. The van der Waals surface area contributed by atoms with Crippen LogP contribution in [0.15, 0.2) is 0 Å². The van der Waals surface area contributed by atoms with Gasteiger partial charge in [-0.2, -0.15) is 0 Å². The lowest BCUT2D eigenvalue weighted by molar-refractivity contribution is -0.115. The molecule has 0 aliphatic heterocycles. The van der Waals surface area contributed by atoms with E-state index in [-0.39, 0.29) is 49.6 Å². The SMILES string of the molecule is CN(C)C=O.Cl.Cl.Cl.Cl. The van der Waals surface area contributed by atoms with Crippen molar-refractivity contribution in [1.29, 1.82) is 0 Å². The third kappa shape index (κ3) is 54.8. The summed E-state index contributed by atoms with van der Waals surface area (Å²) in [5, 5.41) is 0. The van der Waals surface area contributed by atoms with Crippen molar-refractivity contribution in [1.82, 2.24) is 4.90 Å². The lowest BCUT2D eigenvalue weighted by atomic mass is 11.0. The molecule has 0 spiro atoms. The average Bonchev–Trinajstić information content (AvgIpc) is 1.38. The van der Waals surface area contributed by atoms with Crippen LogP contribution in [0, 0.1) is 0 Å². The minimum Gasteiger partial charge on any atom is -0.351 e. The minimum atomic E-state index is 0. The molecule has 0 fully saturated rings. The van der Waals surface area contributed by atoms with Crippen molar-refractivity contribution in [3.05, 3.63) is 0 Å². The van der Waals surface area contributed by atoms with Crippen LogP contribution in [0.4, 0.5) is 0 Å². The number of rotatable bonds is 1. The first-order valence-electron chi connectivity index (χ1n) is 1.39. The van der Waals surface area contributed by atoms with Gasteiger partial charge in [-0.05, 0) is 0 Å². The summed E-state index contributed by atoms with van der Waals surface area (Å²) >= 11 is 0. The zero-order valence-corrected chi connectivity index (χ0v) is 8.33. The Morgan fingerprint density at radius 2 is 1.11 bits per heavy atom. The maximum Gasteiger partial charge on any atom is 0.209 e. The molecule has 0 rings (SSSR count). The number of hydrogen-bond donors (Lipinski definition) is 0. The normalized spacial score (nSPS) is 3.78. The summed E-state index contributed by atoms with van der Waals surface area (Å²) in [6.45, 7) is 0. The van der Waals surface area contributed by atoms with E-state index in [1.807, 2.05) is 0 Å². The van der Waals surface area contributed by atoms with Gasteiger partial charge < -0.3 is 4.90 Å². The van der Waals surface area contributed by atoms with Crippen LogP contribution in [0.2, 0.25) is 0 Å². The van der Waals surface area contributed by atoms with Gasteiger partial charge in [-0.15, -0.1) is 49.6 Å². The van der Waals surface area contributed by atoms with Gasteiger partial charge in [0.15, 0.2) is 0 Å². The smallest absolute Gasteiger partial charge is 0.209 e. The molecule has 62 valence electrons. The highest BCUT2D eigenvalue weighted by molar-refractivity contribution is 5.86. The first-order chi connectivity index (χ1) is 2.27. The summed E-state index contributed by atoms with van der Waals surface area (Å²) in [6.07, 6.45) is 0.750. The first kappa shape index (κ1) is 33.5. The number of amides is 1. The van der Waals surface area contributed by atoms with E-state index in [0.717, 1.165) is 6.41 Å². The third-order valence-electron chi connectivity index (χ3n) is 0.211. The van der Waals surface area contributed by atoms with E-state index in [4.69, 9.17) is 0 Å². The van der Waals surface area contributed by atoms with E-state index in [2.05, 4.69) is 0 Å². The molecule has 0 N–H and O–H groups in total. The Hall–Kier alpha value is 0.630. The maximum atomic E-state index is 9.43. The van der Waals surface area contributed by atoms with E-state index >= 15 is 0 Å². The molecule has 6 heteroatoms. The predicted molar refractivity (Wildman–Crippen MR) is 48.7 cm³/mol. The van der Waals surface area contributed by atoms with E-state index in [9.17, 15) is 4.79 Å². The molecule has 0 atom stereocenters. The van der Waals surface area contributed by atoms with Crippen LogP contribution < -0.4 is 0 Å². The van der Waals surface area contributed by atoms with Crippen LogP contribution in [-0.4, -0.2) is 25.4 Å². The Morgan fingerprint density at radius 3 is 1.11 bits per heavy atom. The number of carbonyl (C=O) groups excluding carboxylic acids is 1. The summed E-state index contributed by atoms with van der Waals surface area (Å²) in [5.74, 6) is 0. The molecule has 0 aromatic heterocycles. The number of carbonyl (C=O) groups is 1. The van der Waals surface area contributed by atoms with Crippen molar-refractivity contribution in [3.63, 3.8) is 0 Å². The Morgan fingerprint density at radius 1 is 1.00 bits per heavy atom. The minimum absolute atomic E-state index is 0. The predicted octanol–water partition coefficient (Wildman–Crippen LogP) is 1.39. The number of hydrogen-bond acceptors (Lipinski definition) is 1. The van der Waals surface area contributed by atoms with Crippen LogP contribution >= 0.6 is 49.6 Å². The quantitative estimate of drug-likeness (QED) is 0.610. The summed E-state index contributed by atoms with van der Waals surface area (Å²) in [4.78, 5) is 10.9. The molecule has 0 saturated heterocycles. The zero-order chi connectivity index (χ0) is 4.28. The van der Waals surface area contributed by atoms with E-state index in [1.165, 1.54) is 4.90 Å². The molecule has 2 nitrogen and oxygen atoms in total. The van der Waals surface area contributed by atoms with Crippen molar-refractivity contribution in [3.8, 4) is 0 Å². The van der Waals surface area contributed by atoms with Crippen LogP contribution in [-0.2, 0) is 4.79 Å². The second-order valence-corrected chi connectivity index (χ2v) is 1.07. The second-order valence-electron chi connectivity index (χ2n) is 1.07. The standard InChI is InChI=1S/C3H7NO.4ClH/c1-4(2)3-5;;;;/h3H,1-2H3;4*1H. The molecule has 0 aromatic carbocycles. The van der Waals surface area contributed by atoms with E-state index < -0.39 is 0 Å². The molecule has 0 aliphatic rings. The topological polar surface area (TPSA) is 20.3 Å². The Bertz CT molecular complexity index is 42.8. The third-order valence-corrected chi connectivity index (χ3v) is 0.211. The maximum absolute atomic E-state index is 9.43. The number of halogens is 4. The van der Waals surface area contributed by atoms with Crippen LogP contribution in [0.3, 0.4) is 0 Å². The van der Waals surface area contributed by atoms with Crippen LogP contribution in [0.25, 0.3) is 0 Å². The monoisotopic (exact) mass is 217 g/mol. The van der Waals surface area contributed by atoms with Gasteiger partial charge in [-0.25, -0.2) is 0 Å². The highest BCUT2D eigenvalue weighted by atomic mass is 35.5. The number of nitrogens with zero attached hydrogens (tertiary/aromatic N) is 1. The fourth-order valence-electron chi connectivity index (χ4n) is 0. The van der Waals surface area contributed by atoms with E-state index in [0.29, 0.717) is 0 Å². The Labute approximate surface area is 80.0 Å². The zero-order valence-electron chi connectivity index (χ0n) is 5.07. The fraction of sp³-hybridized carbons (Fsp3) is 0.667. The van der Waals surface area contributed by atoms with Crippen LogP contribution in [0.1, 0.15) is 0 Å². The van der Waals surface area contributed by atoms with Gasteiger partial charge in [-0.1, -0.05) is 0 Å². The molecular formula is C3H11Cl4NO. The van der Waals surface area contributed by atoms with Crippen molar-refractivity contribution in [2.24, 2.45) is 0 Å². The highest BCUT2D eigenvalue weighted by Gasteiger charge is 1.68. The molecule has 1 amide bonds. The van der Waals surface area contributed by atoms with Crippen molar-refractivity contribution in [2.45, 2.75) is 0 Å². The average molecular weight is 219 g/mol. The van der Waals surface area contributed by atoms with E-state index in [1.54, 1.807) is 14.1 Å². The molecule has 0 bridgehead atoms. The second kappa shape index (κ2) is 23.4. The molecule has 9 heavy (non-hydrogen) atoms. The summed E-state index contributed by atoms with van der Waals surface area (Å²) in [7, 11) is 3.38. The van der Waals surface area contributed by atoms with Gasteiger partial charge in [0.2, 0.25) is 6.41 Å². The van der Waals surface area contributed by atoms with Gasteiger partial charge in [0.25, 0.3) is 0 Å². The molecule has 0 unspecified atom stereocenters. The fourth-order valence-corrected chi connectivity index (χ4v) is 0. The Kier molecular flexibility index (Phi) is 87.1. The lowest BCUT2D eigenvalue weighted by Crippen LogP contribution is -2.06. The van der Waals surface area contributed by atoms with Gasteiger partial charge in [0.1, 0.15) is 0 Å². The molecule has 0 aliphatic carbocycles. The van der Waals surface area contributed by atoms with Crippen molar-refractivity contribution in [2.75, 3.05) is 14.1 Å². The lowest BCUT2D eigenvalue weighted by Gasteiger charge is -1.93. The first-order valence-corrected chi connectivity index (χ1v) is 1.39. The summed E-state index contributed by atoms with van der Waals surface area (Å²) < 4.78 is 0. The van der Waals surface area contributed by atoms with Gasteiger partial charge >= 0.3 is 0 Å². The summed E-state index contributed by atoms with van der Waals surface area (Å²) in [6, 6.07) is 0. The molecule has 0 heterocycles. The molecular weight excluding hydrogens is 208 g/mol. The summed E-state index contributed by atoms with van der Waals surface area (Å²) in [5.41, 5.74) is 0. The molecule has 0 saturated carbocycles. The van der Waals surface area contributed by atoms with Gasteiger partial charge in [-0.3, -0.25) is 4.79 Å². The van der Waals surface area contributed by atoms with Crippen LogP contribution in [0.5, 0.6) is 0 Å². The molecule has 0 radical (unpaired) electrons. The van der Waals surface area contributed by atoms with Gasteiger partial charge in [0.05, 0.1) is 0 Å². The Balaban J connectivity index is -0.0000000133.